The van der Waals surface area contributed by atoms with Crippen LogP contribution in [-0.4, -0.2) is 21.1 Å². The minimum absolute atomic E-state index is 0.561. The highest BCUT2D eigenvalue weighted by atomic mass is 15.4. The van der Waals surface area contributed by atoms with Gasteiger partial charge in [0.2, 0.25) is 0 Å². The standard InChI is InChI=1S/C24H30N6.C2H6/c1-3-5-10-21-28-22-23(30(21)16-18-13-11-17(15-25)12-14-18)19-8-6-7-9-20(19)27-24(22)29-26-4-2;1-2/h6-9,11-14,26H,3-5,10,15-16,25H2,1-2H3,(H,27,29);1-2H3. The van der Waals surface area contributed by atoms with Gasteiger partial charge in [-0.2, -0.15) is 0 Å². The number of nitrogens with one attached hydrogen (secondary N) is 2. The number of hydrogen-bond donors (Lipinski definition) is 3. The van der Waals surface area contributed by atoms with E-state index >= 15 is 0 Å². The topological polar surface area (TPSA) is 80.8 Å². The number of para-hydroxylation sites is 1. The van der Waals surface area contributed by atoms with Crippen molar-refractivity contribution in [3.63, 3.8) is 0 Å². The molecule has 0 saturated carbocycles. The Morgan fingerprint density at radius 3 is 2.34 bits per heavy atom. The second-order valence-electron chi connectivity index (χ2n) is 7.57. The number of nitrogens with zero attached hydrogens (tertiary/aromatic N) is 3. The van der Waals surface area contributed by atoms with E-state index in [9.17, 15) is 0 Å². The number of anilines is 1. The van der Waals surface area contributed by atoms with E-state index in [0.717, 1.165) is 71.5 Å². The Bertz CT molecular complexity index is 1130. The van der Waals surface area contributed by atoms with Gasteiger partial charge in [-0.1, -0.05) is 76.6 Å². The van der Waals surface area contributed by atoms with Crippen molar-refractivity contribution in [1.29, 1.82) is 0 Å². The average Bonchev–Trinajstić information content (AvgIpc) is 3.21. The first-order valence-electron chi connectivity index (χ1n) is 11.8. The van der Waals surface area contributed by atoms with Crippen molar-refractivity contribution in [2.45, 2.75) is 60.0 Å². The maximum absolute atomic E-state index is 5.77. The van der Waals surface area contributed by atoms with Gasteiger partial charge in [-0.15, -0.1) is 0 Å². The van der Waals surface area contributed by atoms with Crippen LogP contribution in [0.2, 0.25) is 0 Å². The summed E-state index contributed by atoms with van der Waals surface area (Å²) in [6.07, 6.45) is 3.19. The molecule has 4 aromatic rings. The Hall–Kier alpha value is -2.96. The molecule has 6 nitrogen and oxygen atoms in total. The lowest BCUT2D eigenvalue weighted by molar-refractivity contribution is 0.690. The van der Waals surface area contributed by atoms with Gasteiger partial charge in [-0.25, -0.2) is 15.4 Å². The fraction of sp³-hybridized carbons (Fsp3) is 0.385. The van der Waals surface area contributed by atoms with E-state index in [1.54, 1.807) is 0 Å². The summed E-state index contributed by atoms with van der Waals surface area (Å²) in [4.78, 5) is 9.90. The van der Waals surface area contributed by atoms with Crippen molar-refractivity contribution in [2.75, 3.05) is 12.0 Å². The molecule has 4 N–H and O–H groups in total. The van der Waals surface area contributed by atoms with Crippen molar-refractivity contribution >= 4 is 27.8 Å². The number of imidazole rings is 1. The van der Waals surface area contributed by atoms with Gasteiger partial charge in [-0.05, 0) is 23.6 Å². The average molecular weight is 433 g/mol. The van der Waals surface area contributed by atoms with Crippen molar-refractivity contribution in [3.05, 3.63) is 65.5 Å². The van der Waals surface area contributed by atoms with E-state index in [2.05, 4.69) is 71.7 Å². The second-order valence-corrected chi connectivity index (χ2v) is 7.57. The molecule has 2 aromatic heterocycles. The van der Waals surface area contributed by atoms with Crippen LogP contribution in [0.3, 0.4) is 0 Å². The van der Waals surface area contributed by atoms with E-state index in [1.165, 1.54) is 5.56 Å². The number of pyridine rings is 1. The molecule has 0 bridgehead atoms. The van der Waals surface area contributed by atoms with Crippen molar-refractivity contribution < 1.29 is 0 Å². The molecule has 0 aliphatic rings. The molecule has 0 saturated heterocycles. The maximum atomic E-state index is 5.77. The second kappa shape index (κ2) is 11.6. The molecular weight excluding hydrogens is 396 g/mol. The number of aryl methyl sites for hydroxylation is 1. The van der Waals surface area contributed by atoms with Gasteiger partial charge in [0.05, 0.1) is 11.0 Å². The Kier molecular flexibility index (Phi) is 8.59. The van der Waals surface area contributed by atoms with Crippen LogP contribution >= 0.6 is 0 Å². The van der Waals surface area contributed by atoms with Gasteiger partial charge >= 0.3 is 0 Å². The van der Waals surface area contributed by atoms with Gasteiger partial charge in [0, 0.05) is 31.4 Å². The number of nitrogens with two attached hydrogens (primary N) is 1. The van der Waals surface area contributed by atoms with Gasteiger partial charge in [-0.3, -0.25) is 0 Å². The first-order valence-corrected chi connectivity index (χ1v) is 11.8. The Morgan fingerprint density at radius 2 is 1.66 bits per heavy atom. The number of fused-ring (bicyclic) bond motifs is 3. The fourth-order valence-electron chi connectivity index (χ4n) is 3.80. The summed E-state index contributed by atoms with van der Waals surface area (Å²) >= 11 is 0. The first-order chi connectivity index (χ1) is 15.7. The predicted molar refractivity (Wildman–Crippen MR) is 136 cm³/mol. The number of hydrogen-bond acceptors (Lipinski definition) is 5. The largest absolute Gasteiger partial charge is 0.326 e. The molecule has 32 heavy (non-hydrogen) atoms. The normalized spacial score (nSPS) is 10.9. The van der Waals surface area contributed by atoms with Crippen LogP contribution in [-0.2, 0) is 19.5 Å². The number of rotatable bonds is 9. The maximum Gasteiger partial charge on any atom is 0.169 e. The Balaban J connectivity index is 0.00000141. The van der Waals surface area contributed by atoms with E-state index in [4.69, 9.17) is 15.7 Å². The molecule has 0 aliphatic carbocycles. The third kappa shape index (κ3) is 5.09. The van der Waals surface area contributed by atoms with E-state index in [-0.39, 0.29) is 0 Å². The van der Waals surface area contributed by atoms with Crippen LogP contribution < -0.4 is 16.6 Å². The van der Waals surface area contributed by atoms with Crippen molar-refractivity contribution in [1.82, 2.24) is 20.0 Å². The third-order valence-corrected chi connectivity index (χ3v) is 5.40. The van der Waals surface area contributed by atoms with Crippen molar-refractivity contribution in [2.24, 2.45) is 5.73 Å². The molecule has 170 valence electrons. The molecule has 2 aromatic carbocycles. The minimum Gasteiger partial charge on any atom is -0.326 e. The fourth-order valence-corrected chi connectivity index (χ4v) is 3.80. The zero-order valence-corrected chi connectivity index (χ0v) is 19.8. The number of benzene rings is 2. The molecule has 0 spiro atoms. The molecule has 0 atom stereocenters. The SMILES string of the molecule is CC.CCCCc1nc2c(NNCC)nc3ccccc3c2n1Cc1ccc(CN)cc1. The van der Waals surface area contributed by atoms with Crippen molar-refractivity contribution in [3.8, 4) is 0 Å². The Labute approximate surface area is 191 Å². The molecular formula is C26H36N6. The molecule has 0 amide bonds. The highest BCUT2D eigenvalue weighted by molar-refractivity contribution is 6.07. The van der Waals surface area contributed by atoms with Gasteiger partial charge in [0.15, 0.2) is 5.82 Å². The van der Waals surface area contributed by atoms with Gasteiger partial charge in [0.25, 0.3) is 0 Å². The molecule has 6 heteroatoms. The smallest absolute Gasteiger partial charge is 0.169 e. The van der Waals surface area contributed by atoms with Crippen LogP contribution in [0.1, 0.15) is 57.5 Å². The predicted octanol–water partition coefficient (Wildman–Crippen LogP) is 5.40. The number of aromatic nitrogens is 3. The third-order valence-electron chi connectivity index (χ3n) is 5.40. The molecule has 0 fully saturated rings. The van der Waals surface area contributed by atoms with Crippen LogP contribution in [0.25, 0.3) is 21.9 Å². The lowest BCUT2D eigenvalue weighted by Crippen LogP contribution is -2.21. The van der Waals surface area contributed by atoms with E-state index < -0.39 is 0 Å². The summed E-state index contributed by atoms with van der Waals surface area (Å²) in [7, 11) is 0. The summed E-state index contributed by atoms with van der Waals surface area (Å²) in [5, 5.41) is 1.13. The lowest BCUT2D eigenvalue weighted by atomic mass is 10.1. The highest BCUT2D eigenvalue weighted by Gasteiger charge is 2.18. The lowest BCUT2D eigenvalue weighted by Gasteiger charge is -2.12. The van der Waals surface area contributed by atoms with Crippen LogP contribution in [0.4, 0.5) is 5.82 Å². The molecule has 0 aliphatic heterocycles. The number of hydrazine groups is 1. The Morgan fingerprint density at radius 1 is 0.938 bits per heavy atom. The zero-order chi connectivity index (χ0) is 22.9. The van der Waals surface area contributed by atoms with Crippen LogP contribution in [0, 0.1) is 0 Å². The van der Waals surface area contributed by atoms with Gasteiger partial charge in [0.1, 0.15) is 11.3 Å². The summed E-state index contributed by atoms with van der Waals surface area (Å²) in [5.41, 5.74) is 17.6. The molecule has 2 heterocycles. The van der Waals surface area contributed by atoms with E-state index in [1.807, 2.05) is 19.9 Å². The van der Waals surface area contributed by atoms with Gasteiger partial charge < -0.3 is 15.7 Å². The summed E-state index contributed by atoms with van der Waals surface area (Å²) < 4.78 is 2.36. The molecule has 4 rings (SSSR count). The van der Waals surface area contributed by atoms with Crippen LogP contribution in [0.5, 0.6) is 0 Å². The summed E-state index contributed by atoms with van der Waals surface area (Å²) in [6.45, 7) is 10.4. The monoisotopic (exact) mass is 432 g/mol. The van der Waals surface area contributed by atoms with E-state index in [0.29, 0.717) is 6.54 Å². The summed E-state index contributed by atoms with van der Waals surface area (Å²) in [6, 6.07) is 16.8. The number of unbranched alkanes of at least 4 members (excludes halogenated alkanes) is 1. The first kappa shape index (κ1) is 23.7. The zero-order valence-electron chi connectivity index (χ0n) is 19.8. The highest BCUT2D eigenvalue weighted by Crippen LogP contribution is 2.31. The molecule has 0 unspecified atom stereocenters. The summed E-state index contributed by atoms with van der Waals surface area (Å²) in [5.74, 6) is 1.88. The quantitative estimate of drug-likeness (QED) is 0.309. The molecule has 0 radical (unpaired) electrons. The minimum atomic E-state index is 0.561. The van der Waals surface area contributed by atoms with Crippen LogP contribution in [0.15, 0.2) is 48.5 Å².